The van der Waals surface area contributed by atoms with Gasteiger partial charge in [-0.2, -0.15) is 4.72 Å². The van der Waals surface area contributed by atoms with Crippen molar-refractivity contribution in [2.24, 2.45) is 0 Å². The normalized spacial score (nSPS) is 13.1. The van der Waals surface area contributed by atoms with Gasteiger partial charge in [0.2, 0.25) is 10.0 Å². The van der Waals surface area contributed by atoms with Crippen molar-refractivity contribution in [3.63, 3.8) is 0 Å². The Balaban J connectivity index is 2.93. The monoisotopic (exact) mass is 262 g/mol. The second kappa shape index (κ2) is 5.19. The number of carbonyl (C=O) groups excluding carboxylic acids is 1. The molecule has 1 N–H and O–H groups in total. The Labute approximate surface area is 97.9 Å². The van der Waals surface area contributed by atoms with E-state index in [1.807, 2.05) is 4.72 Å². The smallest absolute Gasteiger partial charge is 0.323 e. The molecule has 1 unspecified atom stereocenters. The lowest BCUT2D eigenvalue weighted by molar-refractivity contribution is -0.142. The lowest BCUT2D eigenvalue weighted by Gasteiger charge is -2.11. The summed E-state index contributed by atoms with van der Waals surface area (Å²) < 4.78 is 42.6. The Bertz CT molecular complexity index is 517. The molecule has 0 radical (unpaired) electrons. The second-order valence-corrected chi connectivity index (χ2v) is 4.92. The summed E-state index contributed by atoms with van der Waals surface area (Å²) in [7, 11) is -2.85. The van der Waals surface area contributed by atoms with Crippen LogP contribution >= 0.6 is 0 Å². The number of carbonyl (C=O) groups is 1. The molecule has 0 saturated heterocycles. The first kappa shape index (κ1) is 13.5. The van der Waals surface area contributed by atoms with Gasteiger partial charge in [0.05, 0.1) is 13.3 Å². The minimum Gasteiger partial charge on any atom is -0.468 e. The highest BCUT2D eigenvalue weighted by molar-refractivity contribution is 7.89. The summed E-state index contributed by atoms with van der Waals surface area (Å²) in [5.41, 5.74) is 0. The van der Waals surface area contributed by atoms with Crippen LogP contribution < -0.4 is 4.72 Å². The molecule has 0 fully saturated rings. The SMILES string of the molecule is COC(=O)C(C)NS(=O)(=O)c1cncc(F)c1. The maximum Gasteiger partial charge on any atom is 0.323 e. The first-order valence-corrected chi connectivity index (χ1v) is 6.06. The van der Waals surface area contributed by atoms with Gasteiger partial charge in [-0.25, -0.2) is 12.8 Å². The fraction of sp³-hybridized carbons (Fsp3) is 0.333. The number of nitrogens with one attached hydrogen (secondary N) is 1. The van der Waals surface area contributed by atoms with Gasteiger partial charge in [0, 0.05) is 6.20 Å². The molecular weight excluding hydrogens is 251 g/mol. The van der Waals surface area contributed by atoms with Crippen LogP contribution in [0.3, 0.4) is 0 Å². The number of ether oxygens (including phenoxy) is 1. The molecule has 94 valence electrons. The number of hydrogen-bond acceptors (Lipinski definition) is 5. The van der Waals surface area contributed by atoms with Crippen molar-refractivity contribution in [1.29, 1.82) is 0 Å². The predicted octanol–water partition coefficient (Wildman–Crippen LogP) is 0.0605. The Morgan fingerprint density at radius 2 is 2.18 bits per heavy atom. The minimum atomic E-state index is -3.99. The molecule has 6 nitrogen and oxygen atoms in total. The average Bonchev–Trinajstić information content (AvgIpc) is 2.27. The fourth-order valence-corrected chi connectivity index (χ4v) is 2.23. The number of aromatic nitrogens is 1. The number of rotatable bonds is 4. The molecule has 1 atom stereocenters. The standard InChI is InChI=1S/C9H11FN2O4S/c1-6(9(13)16-2)12-17(14,15)8-3-7(10)4-11-5-8/h3-6,12H,1-2H3. The van der Waals surface area contributed by atoms with Gasteiger partial charge in [-0.3, -0.25) is 9.78 Å². The van der Waals surface area contributed by atoms with E-state index in [-0.39, 0.29) is 4.90 Å². The minimum absolute atomic E-state index is 0.353. The largest absolute Gasteiger partial charge is 0.468 e. The first-order valence-electron chi connectivity index (χ1n) is 4.57. The number of nitrogens with zero attached hydrogens (tertiary/aromatic N) is 1. The van der Waals surface area contributed by atoms with Gasteiger partial charge in [-0.1, -0.05) is 0 Å². The summed E-state index contributed by atoms with van der Waals surface area (Å²) in [4.78, 5) is 14.1. The third kappa shape index (κ3) is 3.46. The van der Waals surface area contributed by atoms with Crippen LogP contribution in [0.5, 0.6) is 0 Å². The zero-order valence-corrected chi connectivity index (χ0v) is 9.99. The number of halogens is 1. The number of pyridine rings is 1. The van der Waals surface area contributed by atoms with Crippen molar-refractivity contribution in [2.45, 2.75) is 17.9 Å². The number of methoxy groups -OCH3 is 1. The first-order chi connectivity index (χ1) is 7.86. The van der Waals surface area contributed by atoms with Crippen molar-refractivity contribution in [3.8, 4) is 0 Å². The molecule has 1 aromatic heterocycles. The van der Waals surface area contributed by atoms with Crippen molar-refractivity contribution < 1.29 is 22.3 Å². The Morgan fingerprint density at radius 3 is 2.71 bits per heavy atom. The third-order valence-corrected chi connectivity index (χ3v) is 3.38. The maximum atomic E-state index is 12.8. The molecule has 1 heterocycles. The van der Waals surface area contributed by atoms with Crippen LogP contribution in [0.25, 0.3) is 0 Å². The lowest BCUT2D eigenvalue weighted by atomic mass is 10.4. The van der Waals surface area contributed by atoms with E-state index < -0.39 is 27.9 Å². The molecule has 0 saturated carbocycles. The van der Waals surface area contributed by atoms with Gasteiger partial charge in [-0.05, 0) is 13.0 Å². The van der Waals surface area contributed by atoms with Crippen LogP contribution in [-0.2, 0) is 19.6 Å². The zero-order chi connectivity index (χ0) is 13.1. The van der Waals surface area contributed by atoms with E-state index in [0.29, 0.717) is 0 Å². The number of hydrogen-bond donors (Lipinski definition) is 1. The van der Waals surface area contributed by atoms with Gasteiger partial charge in [0.25, 0.3) is 0 Å². The fourth-order valence-electron chi connectivity index (χ4n) is 1.06. The van der Waals surface area contributed by atoms with E-state index in [2.05, 4.69) is 9.72 Å². The molecular formula is C9H11FN2O4S. The molecule has 0 bridgehead atoms. The van der Waals surface area contributed by atoms with Crippen molar-refractivity contribution in [1.82, 2.24) is 9.71 Å². The lowest BCUT2D eigenvalue weighted by Crippen LogP contribution is -2.39. The Kier molecular flexibility index (Phi) is 4.13. The van der Waals surface area contributed by atoms with E-state index in [1.54, 1.807) is 0 Å². The van der Waals surface area contributed by atoms with Crippen LogP contribution in [0, 0.1) is 5.82 Å². The Morgan fingerprint density at radius 1 is 1.53 bits per heavy atom. The number of esters is 1. The molecule has 1 aromatic rings. The van der Waals surface area contributed by atoms with E-state index in [1.165, 1.54) is 6.92 Å². The third-order valence-electron chi connectivity index (χ3n) is 1.88. The summed E-state index contributed by atoms with van der Waals surface area (Å²) in [5, 5.41) is 0. The van der Waals surface area contributed by atoms with E-state index in [0.717, 1.165) is 25.6 Å². The van der Waals surface area contributed by atoms with Gasteiger partial charge in [0.15, 0.2) is 0 Å². The molecule has 0 aliphatic rings. The van der Waals surface area contributed by atoms with Gasteiger partial charge < -0.3 is 4.74 Å². The Hall–Kier alpha value is -1.54. The molecule has 1 rings (SSSR count). The highest BCUT2D eigenvalue weighted by atomic mass is 32.2. The van der Waals surface area contributed by atoms with Crippen LogP contribution in [0.2, 0.25) is 0 Å². The molecule has 0 amide bonds. The van der Waals surface area contributed by atoms with Crippen molar-refractivity contribution >= 4 is 16.0 Å². The van der Waals surface area contributed by atoms with Gasteiger partial charge in [-0.15, -0.1) is 0 Å². The summed E-state index contributed by atoms with van der Waals surface area (Å²) in [6, 6.07) is -0.257. The predicted molar refractivity (Wildman–Crippen MR) is 56.0 cm³/mol. The van der Waals surface area contributed by atoms with E-state index >= 15 is 0 Å². The van der Waals surface area contributed by atoms with Crippen LogP contribution in [-0.4, -0.2) is 32.5 Å². The topological polar surface area (TPSA) is 85.4 Å². The van der Waals surface area contributed by atoms with Crippen LogP contribution in [0.4, 0.5) is 4.39 Å². The molecule has 8 heteroatoms. The summed E-state index contributed by atoms with van der Waals surface area (Å²) >= 11 is 0. The highest BCUT2D eigenvalue weighted by Crippen LogP contribution is 2.09. The van der Waals surface area contributed by atoms with Gasteiger partial charge in [0.1, 0.15) is 16.8 Å². The average molecular weight is 262 g/mol. The second-order valence-electron chi connectivity index (χ2n) is 3.20. The summed E-state index contributed by atoms with van der Waals surface area (Å²) in [6.07, 6.45) is 1.86. The maximum absolute atomic E-state index is 12.8. The number of sulfonamides is 1. The quantitative estimate of drug-likeness (QED) is 0.775. The van der Waals surface area contributed by atoms with Crippen LogP contribution in [0.15, 0.2) is 23.4 Å². The van der Waals surface area contributed by atoms with Gasteiger partial charge >= 0.3 is 5.97 Å². The molecule has 0 aliphatic carbocycles. The van der Waals surface area contributed by atoms with E-state index in [4.69, 9.17) is 0 Å². The van der Waals surface area contributed by atoms with Crippen LogP contribution in [0.1, 0.15) is 6.92 Å². The zero-order valence-electron chi connectivity index (χ0n) is 9.18. The summed E-state index contributed by atoms with van der Waals surface area (Å²) in [6.45, 7) is 1.32. The molecule has 0 aromatic carbocycles. The van der Waals surface area contributed by atoms with E-state index in [9.17, 15) is 17.6 Å². The van der Waals surface area contributed by atoms with Crippen molar-refractivity contribution in [3.05, 3.63) is 24.3 Å². The molecule has 17 heavy (non-hydrogen) atoms. The highest BCUT2D eigenvalue weighted by Gasteiger charge is 2.22. The molecule has 0 aliphatic heterocycles. The van der Waals surface area contributed by atoms with Crippen molar-refractivity contribution in [2.75, 3.05) is 7.11 Å². The molecule has 0 spiro atoms. The summed E-state index contributed by atoms with van der Waals surface area (Å²) in [5.74, 6) is -1.52.